The van der Waals surface area contributed by atoms with Crippen molar-refractivity contribution < 1.29 is 18.9 Å². The van der Waals surface area contributed by atoms with Crippen LogP contribution in [0.25, 0.3) is 11.8 Å². The van der Waals surface area contributed by atoms with E-state index in [0.29, 0.717) is 10.5 Å². The standard InChI is InChI=1S/C23H22N4O6S/c1-5-32-22(29)19-13(2)26-21(28)17(12-16-10-11-18(33-16)27(30)31)34-23(26)24-20(19)14-6-8-15(9-7-14)25(3)4/h6-12,20H,5H2,1-4H3/b17-12+/t20-/m0/s1. The average molecular weight is 483 g/mol. The molecule has 10 nitrogen and oxygen atoms in total. The Morgan fingerprint density at radius 3 is 2.59 bits per heavy atom. The lowest BCUT2D eigenvalue weighted by atomic mass is 9.96. The van der Waals surface area contributed by atoms with Crippen molar-refractivity contribution in [2.75, 3.05) is 25.6 Å². The highest BCUT2D eigenvalue weighted by atomic mass is 32.1. The van der Waals surface area contributed by atoms with E-state index < -0.39 is 28.4 Å². The molecule has 0 radical (unpaired) electrons. The van der Waals surface area contributed by atoms with E-state index in [2.05, 4.69) is 0 Å². The highest BCUT2D eigenvalue weighted by molar-refractivity contribution is 7.07. The summed E-state index contributed by atoms with van der Waals surface area (Å²) in [6.07, 6.45) is 1.43. The van der Waals surface area contributed by atoms with Gasteiger partial charge in [-0.15, -0.1) is 0 Å². The van der Waals surface area contributed by atoms with Crippen LogP contribution in [-0.4, -0.2) is 36.2 Å². The van der Waals surface area contributed by atoms with Crippen LogP contribution < -0.4 is 19.8 Å². The van der Waals surface area contributed by atoms with Gasteiger partial charge in [0.05, 0.1) is 18.2 Å². The fourth-order valence-electron chi connectivity index (χ4n) is 3.66. The van der Waals surface area contributed by atoms with Gasteiger partial charge in [0.15, 0.2) is 4.80 Å². The molecule has 0 spiro atoms. The van der Waals surface area contributed by atoms with Gasteiger partial charge in [-0.2, -0.15) is 0 Å². The van der Waals surface area contributed by atoms with Crippen LogP contribution in [0.5, 0.6) is 0 Å². The molecule has 0 saturated carbocycles. The molecule has 4 rings (SSSR count). The van der Waals surface area contributed by atoms with E-state index in [1.165, 1.54) is 22.8 Å². The van der Waals surface area contributed by atoms with Crippen molar-refractivity contribution >= 4 is 40.7 Å². The van der Waals surface area contributed by atoms with Gasteiger partial charge in [-0.3, -0.25) is 19.5 Å². The maximum Gasteiger partial charge on any atom is 0.433 e. The number of fused-ring (bicyclic) bond motifs is 1. The van der Waals surface area contributed by atoms with E-state index in [9.17, 15) is 19.7 Å². The Morgan fingerprint density at radius 1 is 1.29 bits per heavy atom. The molecule has 1 aliphatic heterocycles. The summed E-state index contributed by atoms with van der Waals surface area (Å²) in [5.41, 5.74) is 2.09. The number of carbonyl (C=O) groups is 1. The first kappa shape index (κ1) is 23.2. The van der Waals surface area contributed by atoms with E-state index in [4.69, 9.17) is 14.1 Å². The van der Waals surface area contributed by atoms with E-state index in [1.54, 1.807) is 13.8 Å². The van der Waals surface area contributed by atoms with Crippen LogP contribution in [0.4, 0.5) is 11.6 Å². The van der Waals surface area contributed by atoms with Crippen LogP contribution in [0, 0.1) is 10.1 Å². The second kappa shape index (κ2) is 9.10. The lowest BCUT2D eigenvalue weighted by Crippen LogP contribution is -2.35. The number of anilines is 1. The lowest BCUT2D eigenvalue weighted by Gasteiger charge is -2.23. The number of esters is 1. The summed E-state index contributed by atoms with van der Waals surface area (Å²) >= 11 is 1.12. The minimum absolute atomic E-state index is 0.172. The molecule has 0 saturated heterocycles. The molecule has 2 aromatic heterocycles. The maximum atomic E-state index is 13.2. The first-order chi connectivity index (χ1) is 16.2. The van der Waals surface area contributed by atoms with Gasteiger partial charge in [-0.05, 0) is 37.6 Å². The van der Waals surface area contributed by atoms with Crippen molar-refractivity contribution in [1.82, 2.24) is 4.57 Å². The SMILES string of the molecule is CCOC(=O)C1=C(C)n2c(s/c(=C/c3ccc([N+](=O)[O-])o3)c2=O)=N[C@H]1c1ccc(N(C)C)cc1. The first-order valence-corrected chi connectivity index (χ1v) is 11.2. The number of carbonyl (C=O) groups excluding carboxylic acids is 1. The summed E-state index contributed by atoms with van der Waals surface area (Å²) < 4.78 is 12.1. The smallest absolute Gasteiger partial charge is 0.433 e. The molecule has 0 N–H and O–H groups in total. The lowest BCUT2D eigenvalue weighted by molar-refractivity contribution is -0.402. The minimum Gasteiger partial charge on any atom is -0.463 e. The van der Waals surface area contributed by atoms with Crippen molar-refractivity contribution in [1.29, 1.82) is 0 Å². The number of allylic oxidation sites excluding steroid dienone is 1. The van der Waals surface area contributed by atoms with Crippen molar-refractivity contribution in [3.05, 3.63) is 83.1 Å². The quantitative estimate of drug-likeness (QED) is 0.301. The van der Waals surface area contributed by atoms with Gasteiger partial charge in [-0.1, -0.05) is 23.5 Å². The third kappa shape index (κ3) is 4.17. The van der Waals surface area contributed by atoms with Gasteiger partial charge < -0.3 is 14.1 Å². The Labute approximate surface area is 197 Å². The topological polar surface area (TPSA) is 120 Å². The Hall–Kier alpha value is -3.99. The van der Waals surface area contributed by atoms with Gasteiger partial charge in [-0.25, -0.2) is 9.79 Å². The number of ether oxygens (including phenoxy) is 1. The number of aromatic nitrogens is 1. The van der Waals surface area contributed by atoms with Crippen molar-refractivity contribution in [2.24, 2.45) is 4.99 Å². The molecule has 3 aromatic rings. The predicted molar refractivity (Wildman–Crippen MR) is 127 cm³/mol. The first-order valence-electron chi connectivity index (χ1n) is 10.4. The van der Waals surface area contributed by atoms with Gasteiger partial charge in [0.1, 0.15) is 21.3 Å². The van der Waals surface area contributed by atoms with E-state index in [1.807, 2.05) is 43.3 Å². The second-order valence-corrected chi connectivity index (χ2v) is 8.71. The van der Waals surface area contributed by atoms with Crippen LogP contribution in [0.2, 0.25) is 0 Å². The predicted octanol–water partition coefficient (Wildman–Crippen LogP) is 2.47. The number of thiazole rings is 1. The third-order valence-electron chi connectivity index (χ3n) is 5.33. The zero-order chi connectivity index (χ0) is 24.6. The molecule has 0 unspecified atom stereocenters. The van der Waals surface area contributed by atoms with Crippen LogP contribution in [0.15, 0.2) is 56.2 Å². The van der Waals surface area contributed by atoms with Crippen molar-refractivity contribution in [3.8, 4) is 0 Å². The molecule has 0 aliphatic carbocycles. The Bertz CT molecular complexity index is 1480. The molecule has 1 aromatic carbocycles. The molecule has 1 aliphatic rings. The molecule has 3 heterocycles. The third-order valence-corrected chi connectivity index (χ3v) is 6.31. The number of hydrogen-bond donors (Lipinski definition) is 0. The number of furan rings is 1. The van der Waals surface area contributed by atoms with E-state index in [0.717, 1.165) is 22.6 Å². The van der Waals surface area contributed by atoms with E-state index in [-0.39, 0.29) is 22.5 Å². The molecule has 1 atom stereocenters. The van der Waals surface area contributed by atoms with Gasteiger partial charge >= 0.3 is 11.9 Å². The van der Waals surface area contributed by atoms with Crippen LogP contribution in [0.3, 0.4) is 0 Å². The molecule has 0 amide bonds. The highest BCUT2D eigenvalue weighted by Crippen LogP contribution is 2.33. The fourth-order valence-corrected chi connectivity index (χ4v) is 4.68. The summed E-state index contributed by atoms with van der Waals surface area (Å²) in [7, 11) is 3.87. The number of rotatable bonds is 6. The highest BCUT2D eigenvalue weighted by Gasteiger charge is 2.31. The molecule has 0 bridgehead atoms. The fraction of sp³-hybridized carbons (Fsp3) is 0.261. The minimum atomic E-state index is -0.649. The normalized spacial score (nSPS) is 15.6. The largest absolute Gasteiger partial charge is 0.463 e. The summed E-state index contributed by atoms with van der Waals surface area (Å²) in [6.45, 7) is 3.58. The Kier molecular flexibility index (Phi) is 6.20. The molecule has 0 fully saturated rings. The summed E-state index contributed by atoms with van der Waals surface area (Å²) in [5.74, 6) is -0.785. The summed E-state index contributed by atoms with van der Waals surface area (Å²) in [4.78, 5) is 43.4. The monoisotopic (exact) mass is 482 g/mol. The van der Waals surface area contributed by atoms with Crippen LogP contribution in [0.1, 0.15) is 31.2 Å². The molecule has 176 valence electrons. The average Bonchev–Trinajstić information content (AvgIpc) is 3.39. The number of hydrogen-bond acceptors (Lipinski definition) is 9. The number of nitrogens with zero attached hydrogens (tertiary/aromatic N) is 4. The molecule has 34 heavy (non-hydrogen) atoms. The number of benzene rings is 1. The van der Waals surface area contributed by atoms with Crippen molar-refractivity contribution in [2.45, 2.75) is 19.9 Å². The molecular weight excluding hydrogens is 460 g/mol. The Balaban J connectivity index is 1.89. The second-order valence-electron chi connectivity index (χ2n) is 7.70. The molecular formula is C23H22N4O6S. The van der Waals surface area contributed by atoms with E-state index >= 15 is 0 Å². The Morgan fingerprint density at radius 2 is 2.00 bits per heavy atom. The van der Waals surface area contributed by atoms with Gasteiger partial charge in [0, 0.05) is 31.6 Å². The van der Waals surface area contributed by atoms with Gasteiger partial charge in [0.25, 0.3) is 5.56 Å². The van der Waals surface area contributed by atoms with Crippen LogP contribution >= 0.6 is 11.3 Å². The van der Waals surface area contributed by atoms with Crippen LogP contribution in [-0.2, 0) is 9.53 Å². The zero-order valence-corrected chi connectivity index (χ0v) is 19.8. The maximum absolute atomic E-state index is 13.2. The number of nitro groups is 1. The zero-order valence-electron chi connectivity index (χ0n) is 19.0. The summed E-state index contributed by atoms with van der Waals surface area (Å²) in [6, 6.07) is 9.65. The van der Waals surface area contributed by atoms with Crippen molar-refractivity contribution in [3.63, 3.8) is 0 Å². The summed E-state index contributed by atoms with van der Waals surface area (Å²) in [5, 5.41) is 10.9. The molecule has 11 heteroatoms. The van der Waals surface area contributed by atoms with Gasteiger partial charge in [0.2, 0.25) is 0 Å².